The van der Waals surface area contributed by atoms with Crippen LogP contribution < -0.4 is 5.32 Å². The number of likely N-dealkylation sites (N-methyl/N-ethyl adjacent to an activating group) is 1. The summed E-state index contributed by atoms with van der Waals surface area (Å²) in [7, 11) is 2.21. The van der Waals surface area contributed by atoms with Gasteiger partial charge in [0.15, 0.2) is 0 Å². The molecule has 0 aliphatic carbocycles. The molecule has 1 aliphatic rings. The van der Waals surface area contributed by atoms with Crippen molar-refractivity contribution in [3.63, 3.8) is 0 Å². The maximum absolute atomic E-state index is 4.37. The van der Waals surface area contributed by atoms with Crippen molar-refractivity contribution in [3.8, 4) is 0 Å². The summed E-state index contributed by atoms with van der Waals surface area (Å²) in [5, 5.41) is 4.30. The topological polar surface area (TPSA) is 28.2 Å². The normalized spacial score (nSPS) is 16.9. The van der Waals surface area contributed by atoms with Crippen LogP contribution in [0.2, 0.25) is 0 Å². The molecule has 0 bridgehead atoms. The molecule has 0 saturated carbocycles. The van der Waals surface area contributed by atoms with Gasteiger partial charge in [0.05, 0.1) is 0 Å². The molecule has 0 amide bonds. The molecule has 0 spiro atoms. The number of nitrogens with one attached hydrogen (secondary N) is 1. The molecule has 0 unspecified atom stereocenters. The van der Waals surface area contributed by atoms with Gasteiger partial charge in [-0.2, -0.15) is 11.8 Å². The number of rotatable bonds is 7. The summed E-state index contributed by atoms with van der Waals surface area (Å²) < 4.78 is 0. The molecule has 2 rings (SSSR count). The van der Waals surface area contributed by atoms with Crippen LogP contribution >= 0.6 is 11.8 Å². The lowest BCUT2D eigenvalue weighted by Crippen LogP contribution is -2.30. The highest BCUT2D eigenvalue weighted by atomic mass is 32.2. The molecule has 19 heavy (non-hydrogen) atoms. The Labute approximate surface area is 121 Å². The number of thioether (sulfide) groups is 1. The van der Waals surface area contributed by atoms with Crippen LogP contribution in [0.5, 0.6) is 0 Å². The number of piperidine rings is 1. The molecule has 0 atom stereocenters. The van der Waals surface area contributed by atoms with Crippen LogP contribution in [0.15, 0.2) is 24.4 Å². The van der Waals surface area contributed by atoms with Crippen LogP contribution in [0.3, 0.4) is 0 Å². The van der Waals surface area contributed by atoms with Crippen molar-refractivity contribution in [2.24, 2.45) is 0 Å². The van der Waals surface area contributed by atoms with Crippen molar-refractivity contribution >= 4 is 11.8 Å². The quantitative estimate of drug-likeness (QED) is 0.827. The maximum Gasteiger partial charge on any atom is 0.0416 e. The lowest BCUT2D eigenvalue weighted by molar-refractivity contribution is 0.359. The molecule has 1 aliphatic heterocycles. The molecule has 3 nitrogen and oxygen atoms in total. The van der Waals surface area contributed by atoms with E-state index in [0.29, 0.717) is 0 Å². The Balaban J connectivity index is 1.55. The second-order valence-electron chi connectivity index (χ2n) is 5.19. The Bertz CT molecular complexity index is 339. The summed E-state index contributed by atoms with van der Waals surface area (Å²) in [4.78, 5) is 6.79. The van der Waals surface area contributed by atoms with Crippen LogP contribution in [0, 0.1) is 0 Å². The van der Waals surface area contributed by atoms with E-state index in [2.05, 4.69) is 46.1 Å². The first-order valence-corrected chi connectivity index (χ1v) is 8.30. The molecule has 0 radical (unpaired) electrons. The number of nitrogens with zero attached hydrogens (tertiary/aromatic N) is 2. The largest absolute Gasteiger partial charge is 0.317 e. The lowest BCUT2D eigenvalue weighted by Gasteiger charge is -2.23. The van der Waals surface area contributed by atoms with Gasteiger partial charge < -0.3 is 10.2 Å². The summed E-state index contributed by atoms with van der Waals surface area (Å²) in [6.45, 7) is 4.69. The molecule has 1 saturated heterocycles. The second-order valence-corrected chi connectivity index (χ2v) is 6.60. The summed E-state index contributed by atoms with van der Waals surface area (Å²) in [5.74, 6) is 1.25. The van der Waals surface area contributed by atoms with Crippen molar-refractivity contribution in [2.45, 2.75) is 24.5 Å². The molecule has 4 heteroatoms. The van der Waals surface area contributed by atoms with E-state index >= 15 is 0 Å². The first-order valence-electron chi connectivity index (χ1n) is 7.25. The molecular weight excluding hydrogens is 254 g/mol. The minimum absolute atomic E-state index is 0.880. The summed E-state index contributed by atoms with van der Waals surface area (Å²) >= 11 is 2.15. The van der Waals surface area contributed by atoms with Crippen LogP contribution in [0.1, 0.15) is 18.5 Å². The summed E-state index contributed by atoms with van der Waals surface area (Å²) in [6.07, 6.45) is 5.60. The lowest BCUT2D eigenvalue weighted by atomic mass is 10.2. The van der Waals surface area contributed by atoms with E-state index in [0.717, 1.165) is 18.2 Å². The highest BCUT2D eigenvalue weighted by molar-refractivity contribution is 7.99. The standard InChI is InChI=1S/C15H25N3S/c1-18(11-7-14-4-2-3-8-17-14)12-13-19-15-5-9-16-10-6-15/h2-4,8,15-16H,5-7,9-13H2,1H3. The molecule has 1 aromatic rings. The first-order chi connectivity index (χ1) is 9.34. The SMILES string of the molecule is CN(CCSC1CCNCC1)CCc1ccccn1. The van der Waals surface area contributed by atoms with Gasteiger partial charge in [-0.3, -0.25) is 4.98 Å². The van der Waals surface area contributed by atoms with Crippen molar-refractivity contribution in [3.05, 3.63) is 30.1 Å². The van der Waals surface area contributed by atoms with Gasteiger partial charge in [0, 0.05) is 42.4 Å². The number of aromatic nitrogens is 1. The van der Waals surface area contributed by atoms with Gasteiger partial charge in [-0.25, -0.2) is 0 Å². The molecular formula is C15H25N3S. The van der Waals surface area contributed by atoms with Crippen LogP contribution in [-0.4, -0.2) is 54.1 Å². The van der Waals surface area contributed by atoms with Gasteiger partial charge in [0.25, 0.3) is 0 Å². The molecule has 0 aromatic carbocycles. The van der Waals surface area contributed by atoms with Crippen LogP contribution in [0.4, 0.5) is 0 Å². The zero-order chi connectivity index (χ0) is 13.3. The van der Waals surface area contributed by atoms with E-state index in [4.69, 9.17) is 0 Å². The zero-order valence-electron chi connectivity index (χ0n) is 11.8. The Morgan fingerprint density at radius 3 is 2.89 bits per heavy atom. The van der Waals surface area contributed by atoms with Crippen molar-refractivity contribution in [2.75, 3.05) is 39.0 Å². The molecule has 2 heterocycles. The predicted octanol–water partition coefficient (Wildman–Crippen LogP) is 2.04. The Morgan fingerprint density at radius 1 is 1.32 bits per heavy atom. The smallest absolute Gasteiger partial charge is 0.0416 e. The minimum Gasteiger partial charge on any atom is -0.317 e. The third-order valence-corrected chi connectivity index (χ3v) is 4.95. The van der Waals surface area contributed by atoms with Gasteiger partial charge in [0.2, 0.25) is 0 Å². The van der Waals surface area contributed by atoms with E-state index in [-0.39, 0.29) is 0 Å². The van der Waals surface area contributed by atoms with Crippen molar-refractivity contribution in [1.29, 1.82) is 0 Å². The Hall–Kier alpha value is -0.580. The van der Waals surface area contributed by atoms with Gasteiger partial charge in [-0.05, 0) is 45.1 Å². The van der Waals surface area contributed by atoms with Gasteiger partial charge in [-0.1, -0.05) is 6.07 Å². The fraction of sp³-hybridized carbons (Fsp3) is 0.667. The monoisotopic (exact) mass is 279 g/mol. The highest BCUT2D eigenvalue weighted by Gasteiger charge is 2.13. The highest BCUT2D eigenvalue weighted by Crippen LogP contribution is 2.19. The number of pyridine rings is 1. The Kier molecular flexibility index (Phi) is 6.68. The fourth-order valence-corrected chi connectivity index (χ4v) is 3.62. The van der Waals surface area contributed by atoms with E-state index in [1.54, 1.807) is 0 Å². The average Bonchev–Trinajstić information content (AvgIpc) is 2.47. The van der Waals surface area contributed by atoms with E-state index in [9.17, 15) is 0 Å². The first kappa shape index (κ1) is 14.8. The number of hydrogen-bond acceptors (Lipinski definition) is 4. The van der Waals surface area contributed by atoms with Gasteiger partial charge in [-0.15, -0.1) is 0 Å². The van der Waals surface area contributed by atoms with Gasteiger partial charge in [0.1, 0.15) is 0 Å². The number of hydrogen-bond donors (Lipinski definition) is 1. The summed E-state index contributed by atoms with van der Waals surface area (Å²) in [6, 6.07) is 6.15. The third-order valence-electron chi connectivity index (χ3n) is 3.59. The van der Waals surface area contributed by atoms with Gasteiger partial charge >= 0.3 is 0 Å². The van der Waals surface area contributed by atoms with Crippen molar-refractivity contribution < 1.29 is 0 Å². The zero-order valence-corrected chi connectivity index (χ0v) is 12.7. The van der Waals surface area contributed by atoms with Crippen molar-refractivity contribution in [1.82, 2.24) is 15.2 Å². The van der Waals surface area contributed by atoms with E-state index in [1.165, 1.54) is 43.9 Å². The average molecular weight is 279 g/mol. The van der Waals surface area contributed by atoms with Crippen LogP contribution in [-0.2, 0) is 6.42 Å². The van der Waals surface area contributed by atoms with E-state index < -0.39 is 0 Å². The molecule has 1 fully saturated rings. The predicted molar refractivity (Wildman–Crippen MR) is 83.8 cm³/mol. The fourth-order valence-electron chi connectivity index (χ4n) is 2.30. The third kappa shape index (κ3) is 5.93. The van der Waals surface area contributed by atoms with E-state index in [1.807, 2.05) is 12.3 Å². The second kappa shape index (κ2) is 8.56. The molecule has 106 valence electrons. The maximum atomic E-state index is 4.37. The minimum atomic E-state index is 0.880. The molecule has 1 N–H and O–H groups in total. The Morgan fingerprint density at radius 2 is 2.16 bits per heavy atom. The molecule has 1 aromatic heterocycles. The summed E-state index contributed by atoms with van der Waals surface area (Å²) in [5.41, 5.74) is 1.19. The van der Waals surface area contributed by atoms with Crippen LogP contribution in [0.25, 0.3) is 0 Å².